The molecule has 0 atom stereocenters. The largest absolute Gasteiger partial charge is 0.481 e. The quantitative estimate of drug-likeness (QED) is 0.757. The second-order valence-corrected chi connectivity index (χ2v) is 5.35. The van der Waals surface area contributed by atoms with Crippen molar-refractivity contribution in [2.75, 3.05) is 7.11 Å². The lowest BCUT2D eigenvalue weighted by Gasteiger charge is -2.10. The Labute approximate surface area is 139 Å². The average molecular weight is 322 g/mol. The molecule has 2 N–H and O–H groups in total. The maximum atomic E-state index is 12.4. The maximum absolute atomic E-state index is 12.4. The number of rotatable bonds is 5. The molecule has 0 aliphatic rings. The number of hydrogen-bond donors (Lipinski definition) is 2. The molecule has 1 aromatic heterocycles. The molecule has 0 fully saturated rings. The van der Waals surface area contributed by atoms with Gasteiger partial charge in [-0.25, -0.2) is 4.98 Å². The molecule has 5 nitrogen and oxygen atoms in total. The van der Waals surface area contributed by atoms with E-state index in [0.717, 1.165) is 21.9 Å². The van der Waals surface area contributed by atoms with Gasteiger partial charge in [-0.2, -0.15) is 0 Å². The van der Waals surface area contributed by atoms with Gasteiger partial charge in [0.15, 0.2) is 0 Å². The van der Waals surface area contributed by atoms with E-state index in [-0.39, 0.29) is 12.5 Å². The lowest BCUT2D eigenvalue weighted by Crippen LogP contribution is -2.24. The number of pyridine rings is 1. The van der Waals surface area contributed by atoms with Crippen LogP contribution in [-0.4, -0.2) is 23.1 Å². The molecule has 122 valence electrons. The number of hydrogen-bond acceptors (Lipinski definition) is 4. The first-order chi connectivity index (χ1) is 11.7. The van der Waals surface area contributed by atoms with Gasteiger partial charge < -0.3 is 15.2 Å². The van der Waals surface area contributed by atoms with E-state index in [9.17, 15) is 9.90 Å². The molecule has 0 aliphatic heterocycles. The predicted molar refractivity (Wildman–Crippen MR) is 91.8 cm³/mol. The minimum Gasteiger partial charge on any atom is -0.481 e. The highest BCUT2D eigenvalue weighted by atomic mass is 16.5. The summed E-state index contributed by atoms with van der Waals surface area (Å²) in [5.41, 5.74) is 1.97. The van der Waals surface area contributed by atoms with Crippen molar-refractivity contribution in [2.24, 2.45) is 0 Å². The lowest BCUT2D eigenvalue weighted by atomic mass is 10.1. The Morgan fingerprint density at radius 3 is 2.58 bits per heavy atom. The van der Waals surface area contributed by atoms with Crippen LogP contribution in [-0.2, 0) is 13.2 Å². The summed E-state index contributed by atoms with van der Waals surface area (Å²) in [4.78, 5) is 16.7. The van der Waals surface area contributed by atoms with Gasteiger partial charge in [-0.1, -0.05) is 42.5 Å². The molecular formula is C19H18N2O3. The zero-order chi connectivity index (χ0) is 16.9. The van der Waals surface area contributed by atoms with E-state index < -0.39 is 0 Å². The fourth-order valence-electron chi connectivity index (χ4n) is 2.59. The van der Waals surface area contributed by atoms with Gasteiger partial charge in [-0.05, 0) is 28.6 Å². The van der Waals surface area contributed by atoms with Crippen molar-refractivity contribution in [3.8, 4) is 5.88 Å². The third-order valence-corrected chi connectivity index (χ3v) is 3.86. The van der Waals surface area contributed by atoms with Crippen molar-refractivity contribution in [1.29, 1.82) is 0 Å². The van der Waals surface area contributed by atoms with Crippen LogP contribution in [0, 0.1) is 0 Å². The molecule has 0 spiro atoms. The van der Waals surface area contributed by atoms with Crippen molar-refractivity contribution in [2.45, 2.75) is 13.2 Å². The molecule has 2 aromatic carbocycles. The molecule has 0 bridgehead atoms. The number of ether oxygens (including phenoxy) is 1. The normalized spacial score (nSPS) is 10.6. The summed E-state index contributed by atoms with van der Waals surface area (Å²) >= 11 is 0. The Hall–Kier alpha value is -2.92. The van der Waals surface area contributed by atoms with E-state index in [1.807, 2.05) is 48.5 Å². The van der Waals surface area contributed by atoms with Crippen LogP contribution in [0.5, 0.6) is 5.88 Å². The number of nitrogens with zero attached hydrogens (tertiary/aromatic N) is 1. The van der Waals surface area contributed by atoms with Crippen molar-refractivity contribution in [3.05, 3.63) is 71.4 Å². The van der Waals surface area contributed by atoms with Gasteiger partial charge in [0, 0.05) is 11.9 Å². The van der Waals surface area contributed by atoms with Gasteiger partial charge in [-0.15, -0.1) is 0 Å². The Balaban J connectivity index is 1.84. The highest BCUT2D eigenvalue weighted by Gasteiger charge is 2.13. The number of benzene rings is 2. The standard InChI is InChI=1S/C19H18N2O3/c1-24-19-16-9-5-4-6-13(16)10-17(21-19)18(23)20-11-14-7-2-3-8-15(14)12-22/h2-10,22H,11-12H2,1H3,(H,20,23). The van der Waals surface area contributed by atoms with E-state index in [0.29, 0.717) is 18.1 Å². The predicted octanol–water partition coefficient (Wildman–Crippen LogP) is 2.67. The van der Waals surface area contributed by atoms with Gasteiger partial charge in [0.25, 0.3) is 5.91 Å². The number of carbonyl (C=O) groups is 1. The molecule has 0 aliphatic carbocycles. The Bertz CT molecular complexity index is 877. The fraction of sp³-hybridized carbons (Fsp3) is 0.158. The average Bonchev–Trinajstić information content (AvgIpc) is 2.65. The van der Waals surface area contributed by atoms with Crippen LogP contribution in [0.2, 0.25) is 0 Å². The van der Waals surface area contributed by atoms with Crippen molar-refractivity contribution in [3.63, 3.8) is 0 Å². The van der Waals surface area contributed by atoms with Crippen LogP contribution in [0.25, 0.3) is 10.8 Å². The number of aromatic nitrogens is 1. The van der Waals surface area contributed by atoms with Crippen molar-refractivity contribution in [1.82, 2.24) is 10.3 Å². The van der Waals surface area contributed by atoms with Gasteiger partial charge in [-0.3, -0.25) is 4.79 Å². The van der Waals surface area contributed by atoms with Gasteiger partial charge in [0.1, 0.15) is 5.69 Å². The number of fused-ring (bicyclic) bond motifs is 1. The third kappa shape index (κ3) is 3.21. The summed E-state index contributed by atoms with van der Waals surface area (Å²) in [7, 11) is 1.54. The maximum Gasteiger partial charge on any atom is 0.270 e. The summed E-state index contributed by atoms with van der Waals surface area (Å²) in [6.07, 6.45) is 0. The molecule has 3 aromatic rings. The monoisotopic (exact) mass is 322 g/mol. The minimum absolute atomic E-state index is 0.0614. The van der Waals surface area contributed by atoms with Crippen LogP contribution in [0.3, 0.4) is 0 Å². The summed E-state index contributed by atoms with van der Waals surface area (Å²) in [5.74, 6) is 0.140. The molecule has 1 heterocycles. The molecule has 0 saturated carbocycles. The zero-order valence-electron chi connectivity index (χ0n) is 13.3. The summed E-state index contributed by atoms with van der Waals surface area (Å²) < 4.78 is 5.29. The van der Waals surface area contributed by atoms with Crippen LogP contribution < -0.4 is 10.1 Å². The van der Waals surface area contributed by atoms with Gasteiger partial charge in [0.2, 0.25) is 5.88 Å². The number of carbonyl (C=O) groups excluding carboxylic acids is 1. The topological polar surface area (TPSA) is 71.5 Å². The second-order valence-electron chi connectivity index (χ2n) is 5.35. The zero-order valence-corrected chi connectivity index (χ0v) is 13.3. The van der Waals surface area contributed by atoms with Crippen LogP contribution in [0.4, 0.5) is 0 Å². The second kappa shape index (κ2) is 7.10. The molecule has 0 radical (unpaired) electrons. The number of methoxy groups -OCH3 is 1. The molecule has 0 saturated heterocycles. The Morgan fingerprint density at radius 1 is 1.12 bits per heavy atom. The highest BCUT2D eigenvalue weighted by Crippen LogP contribution is 2.24. The molecule has 5 heteroatoms. The summed E-state index contributed by atoms with van der Waals surface area (Å²) in [6.45, 7) is 0.264. The number of aliphatic hydroxyl groups is 1. The number of aliphatic hydroxyl groups excluding tert-OH is 1. The van der Waals surface area contributed by atoms with Gasteiger partial charge >= 0.3 is 0 Å². The van der Waals surface area contributed by atoms with Crippen LogP contribution in [0.1, 0.15) is 21.6 Å². The van der Waals surface area contributed by atoms with E-state index in [1.165, 1.54) is 7.11 Å². The molecular weight excluding hydrogens is 304 g/mol. The van der Waals surface area contributed by atoms with Crippen molar-refractivity contribution < 1.29 is 14.6 Å². The minimum atomic E-state index is -0.285. The van der Waals surface area contributed by atoms with Gasteiger partial charge in [0.05, 0.1) is 13.7 Å². The summed E-state index contributed by atoms with van der Waals surface area (Å²) in [6, 6.07) is 16.8. The van der Waals surface area contributed by atoms with E-state index in [4.69, 9.17) is 4.74 Å². The molecule has 1 amide bonds. The SMILES string of the molecule is COc1nc(C(=O)NCc2ccccc2CO)cc2ccccc12. The first kappa shape index (κ1) is 16.0. The van der Waals surface area contributed by atoms with Crippen LogP contribution >= 0.6 is 0 Å². The Kier molecular flexibility index (Phi) is 4.72. The van der Waals surface area contributed by atoms with E-state index in [2.05, 4.69) is 10.3 Å². The first-order valence-corrected chi connectivity index (χ1v) is 7.62. The number of nitrogens with one attached hydrogen (secondary N) is 1. The smallest absolute Gasteiger partial charge is 0.270 e. The van der Waals surface area contributed by atoms with Crippen molar-refractivity contribution >= 4 is 16.7 Å². The van der Waals surface area contributed by atoms with E-state index >= 15 is 0 Å². The summed E-state index contributed by atoms with van der Waals surface area (Å²) in [5, 5.41) is 13.9. The fourth-order valence-corrected chi connectivity index (χ4v) is 2.59. The third-order valence-electron chi connectivity index (χ3n) is 3.86. The Morgan fingerprint density at radius 2 is 1.83 bits per heavy atom. The highest BCUT2D eigenvalue weighted by molar-refractivity contribution is 5.98. The lowest BCUT2D eigenvalue weighted by molar-refractivity contribution is 0.0945. The first-order valence-electron chi connectivity index (χ1n) is 7.62. The number of amides is 1. The molecule has 0 unspecified atom stereocenters. The molecule has 24 heavy (non-hydrogen) atoms. The van der Waals surface area contributed by atoms with Crippen LogP contribution in [0.15, 0.2) is 54.6 Å². The molecule has 3 rings (SSSR count). The van der Waals surface area contributed by atoms with E-state index in [1.54, 1.807) is 6.07 Å².